The van der Waals surface area contributed by atoms with Crippen LogP contribution in [0.1, 0.15) is 39.2 Å². The Balaban J connectivity index is 2.29. The average Bonchev–Trinajstić information content (AvgIpc) is 2.49. The molecule has 4 heteroatoms. The highest BCUT2D eigenvalue weighted by molar-refractivity contribution is 5.97. The van der Waals surface area contributed by atoms with Crippen LogP contribution in [-0.4, -0.2) is 34.8 Å². The van der Waals surface area contributed by atoms with Gasteiger partial charge in [0.2, 0.25) is 11.8 Å². The molecule has 1 aliphatic rings. The molecule has 0 aliphatic carbocycles. The van der Waals surface area contributed by atoms with Gasteiger partial charge in [0.15, 0.2) is 0 Å². The summed E-state index contributed by atoms with van der Waals surface area (Å²) in [5.41, 5.74) is 1.08. The van der Waals surface area contributed by atoms with Gasteiger partial charge in [0, 0.05) is 12.5 Å². The van der Waals surface area contributed by atoms with E-state index in [1.807, 2.05) is 35.2 Å². The lowest BCUT2D eigenvalue weighted by molar-refractivity contribution is -0.151. The molecule has 1 aromatic carbocycles. The topological polar surface area (TPSA) is 49.4 Å². The Labute approximate surface area is 126 Å². The van der Waals surface area contributed by atoms with E-state index in [0.717, 1.165) is 18.4 Å². The van der Waals surface area contributed by atoms with Crippen molar-refractivity contribution in [2.45, 2.75) is 58.2 Å². The van der Waals surface area contributed by atoms with Crippen LogP contribution in [0.2, 0.25) is 0 Å². The van der Waals surface area contributed by atoms with Crippen molar-refractivity contribution in [2.24, 2.45) is 0 Å². The Morgan fingerprint density at radius 3 is 2.33 bits per heavy atom. The molecular weight excluding hydrogens is 264 g/mol. The van der Waals surface area contributed by atoms with Crippen LogP contribution in [-0.2, 0) is 16.0 Å². The first-order valence-electron chi connectivity index (χ1n) is 7.74. The molecule has 1 aromatic rings. The van der Waals surface area contributed by atoms with Crippen molar-refractivity contribution in [1.29, 1.82) is 0 Å². The number of hydrogen-bond acceptors (Lipinski definition) is 2. The normalized spacial score (nSPS) is 22.6. The monoisotopic (exact) mass is 288 g/mol. The summed E-state index contributed by atoms with van der Waals surface area (Å²) < 4.78 is 0. The summed E-state index contributed by atoms with van der Waals surface area (Å²) in [5.74, 6) is -0.0120. The second-order valence-corrected chi connectivity index (χ2v) is 5.65. The first-order chi connectivity index (χ1) is 10.1. The maximum Gasteiger partial charge on any atom is 0.245 e. The Bertz CT molecular complexity index is 497. The van der Waals surface area contributed by atoms with E-state index in [-0.39, 0.29) is 17.9 Å². The third kappa shape index (κ3) is 3.26. The SMILES string of the molecule is CCC(CC)N1C(=O)C(C)NC(=O)C1Cc1ccccc1. The number of hydrogen-bond donors (Lipinski definition) is 1. The molecule has 1 aliphatic heterocycles. The highest BCUT2D eigenvalue weighted by Crippen LogP contribution is 2.21. The molecule has 1 fully saturated rings. The number of amides is 2. The third-order valence-electron chi connectivity index (χ3n) is 4.23. The molecule has 1 heterocycles. The van der Waals surface area contributed by atoms with Crippen LogP contribution in [0.25, 0.3) is 0 Å². The molecule has 2 atom stereocenters. The molecule has 1 saturated heterocycles. The van der Waals surface area contributed by atoms with E-state index in [4.69, 9.17) is 0 Å². The van der Waals surface area contributed by atoms with Gasteiger partial charge in [-0.2, -0.15) is 0 Å². The fourth-order valence-electron chi connectivity index (χ4n) is 3.02. The van der Waals surface area contributed by atoms with Gasteiger partial charge in [-0.1, -0.05) is 44.2 Å². The molecule has 1 N–H and O–H groups in total. The van der Waals surface area contributed by atoms with Gasteiger partial charge in [0.05, 0.1) is 0 Å². The summed E-state index contributed by atoms with van der Waals surface area (Å²) in [5, 5.41) is 2.80. The average molecular weight is 288 g/mol. The lowest BCUT2D eigenvalue weighted by atomic mass is 9.96. The summed E-state index contributed by atoms with van der Waals surface area (Å²) in [4.78, 5) is 26.8. The smallest absolute Gasteiger partial charge is 0.245 e. The fourth-order valence-corrected chi connectivity index (χ4v) is 3.02. The van der Waals surface area contributed by atoms with Gasteiger partial charge in [-0.25, -0.2) is 0 Å². The quantitative estimate of drug-likeness (QED) is 0.902. The largest absolute Gasteiger partial charge is 0.343 e. The molecular formula is C17H24N2O2. The Morgan fingerprint density at radius 2 is 1.76 bits per heavy atom. The number of carbonyl (C=O) groups is 2. The van der Waals surface area contributed by atoms with Gasteiger partial charge in [0.25, 0.3) is 0 Å². The second kappa shape index (κ2) is 6.74. The number of benzene rings is 1. The lowest BCUT2D eigenvalue weighted by Gasteiger charge is -2.42. The van der Waals surface area contributed by atoms with Crippen molar-refractivity contribution in [1.82, 2.24) is 10.2 Å². The number of rotatable bonds is 5. The molecule has 2 unspecified atom stereocenters. The van der Waals surface area contributed by atoms with E-state index in [1.165, 1.54) is 0 Å². The van der Waals surface area contributed by atoms with Crippen LogP contribution in [0, 0.1) is 0 Å². The van der Waals surface area contributed by atoms with Crippen molar-refractivity contribution in [3.63, 3.8) is 0 Å². The van der Waals surface area contributed by atoms with Crippen molar-refractivity contribution < 1.29 is 9.59 Å². The molecule has 0 radical (unpaired) electrons. The zero-order valence-corrected chi connectivity index (χ0v) is 13.0. The van der Waals surface area contributed by atoms with Gasteiger partial charge in [0.1, 0.15) is 12.1 Å². The van der Waals surface area contributed by atoms with Crippen molar-refractivity contribution in [3.8, 4) is 0 Å². The Morgan fingerprint density at radius 1 is 1.14 bits per heavy atom. The first-order valence-corrected chi connectivity index (χ1v) is 7.74. The summed E-state index contributed by atoms with van der Waals surface area (Å²) in [6.45, 7) is 5.89. The van der Waals surface area contributed by atoms with Crippen LogP contribution in [0.3, 0.4) is 0 Å². The molecule has 0 aromatic heterocycles. The van der Waals surface area contributed by atoms with Gasteiger partial charge in [-0.3, -0.25) is 9.59 Å². The number of carbonyl (C=O) groups excluding carboxylic acids is 2. The van der Waals surface area contributed by atoms with E-state index in [2.05, 4.69) is 19.2 Å². The lowest BCUT2D eigenvalue weighted by Crippen LogP contribution is -2.65. The minimum absolute atomic E-state index is 0.0317. The number of nitrogens with one attached hydrogen (secondary N) is 1. The molecule has 114 valence electrons. The zero-order chi connectivity index (χ0) is 15.4. The van der Waals surface area contributed by atoms with Crippen LogP contribution in [0.15, 0.2) is 30.3 Å². The minimum Gasteiger partial charge on any atom is -0.343 e. The molecule has 4 nitrogen and oxygen atoms in total. The van der Waals surface area contributed by atoms with E-state index >= 15 is 0 Å². The molecule has 2 amide bonds. The summed E-state index contributed by atoms with van der Waals surface area (Å²) >= 11 is 0. The molecule has 0 spiro atoms. The van der Waals surface area contributed by atoms with Crippen molar-refractivity contribution in [3.05, 3.63) is 35.9 Å². The molecule has 2 rings (SSSR count). The summed E-state index contributed by atoms with van der Waals surface area (Å²) in [6, 6.07) is 9.17. The van der Waals surface area contributed by atoms with Crippen LogP contribution in [0.5, 0.6) is 0 Å². The van der Waals surface area contributed by atoms with E-state index in [9.17, 15) is 9.59 Å². The second-order valence-electron chi connectivity index (χ2n) is 5.65. The van der Waals surface area contributed by atoms with Gasteiger partial charge in [-0.05, 0) is 25.3 Å². The van der Waals surface area contributed by atoms with Gasteiger partial charge >= 0.3 is 0 Å². The minimum atomic E-state index is -0.426. The van der Waals surface area contributed by atoms with E-state index in [1.54, 1.807) is 6.92 Å². The highest BCUT2D eigenvalue weighted by Gasteiger charge is 2.41. The van der Waals surface area contributed by atoms with E-state index < -0.39 is 12.1 Å². The van der Waals surface area contributed by atoms with Crippen molar-refractivity contribution in [2.75, 3.05) is 0 Å². The van der Waals surface area contributed by atoms with E-state index in [0.29, 0.717) is 6.42 Å². The number of nitrogens with zero attached hydrogens (tertiary/aromatic N) is 1. The first kappa shape index (κ1) is 15.5. The molecule has 21 heavy (non-hydrogen) atoms. The Kier molecular flexibility index (Phi) is 4.99. The highest BCUT2D eigenvalue weighted by atomic mass is 16.2. The zero-order valence-electron chi connectivity index (χ0n) is 13.0. The van der Waals surface area contributed by atoms with Gasteiger partial charge in [-0.15, -0.1) is 0 Å². The number of piperazine rings is 1. The maximum atomic E-state index is 12.5. The maximum absolute atomic E-state index is 12.5. The predicted octanol–water partition coefficient (Wildman–Crippen LogP) is 2.13. The van der Waals surface area contributed by atoms with Crippen LogP contribution < -0.4 is 5.32 Å². The van der Waals surface area contributed by atoms with Crippen LogP contribution in [0.4, 0.5) is 0 Å². The fraction of sp³-hybridized carbons (Fsp3) is 0.529. The molecule has 0 saturated carbocycles. The third-order valence-corrected chi connectivity index (χ3v) is 4.23. The van der Waals surface area contributed by atoms with Crippen LogP contribution >= 0.6 is 0 Å². The Hall–Kier alpha value is -1.84. The van der Waals surface area contributed by atoms with Crippen molar-refractivity contribution >= 4 is 11.8 Å². The summed E-state index contributed by atoms with van der Waals surface area (Å²) in [6.07, 6.45) is 2.31. The standard InChI is InChI=1S/C17H24N2O2/c1-4-14(5-2)19-15(11-13-9-7-6-8-10-13)16(20)18-12(3)17(19)21/h6-10,12,14-15H,4-5,11H2,1-3H3,(H,18,20). The summed E-state index contributed by atoms with van der Waals surface area (Å²) in [7, 11) is 0. The molecule has 0 bridgehead atoms. The predicted molar refractivity (Wildman–Crippen MR) is 82.8 cm³/mol. The van der Waals surface area contributed by atoms with Gasteiger partial charge < -0.3 is 10.2 Å².